The number of esters is 1. The molecule has 2 fully saturated rings. The van der Waals surface area contributed by atoms with Crippen molar-refractivity contribution in [2.75, 3.05) is 38.2 Å². The van der Waals surface area contributed by atoms with Crippen LogP contribution in [0.25, 0.3) is 0 Å². The molecular formula is C18H25N3O3. The number of anilines is 1. The molecule has 0 radical (unpaired) electrons. The van der Waals surface area contributed by atoms with Gasteiger partial charge in [0.15, 0.2) is 0 Å². The minimum absolute atomic E-state index is 0.0614. The molecule has 130 valence electrons. The summed E-state index contributed by atoms with van der Waals surface area (Å²) in [5.41, 5.74) is 0. The van der Waals surface area contributed by atoms with E-state index in [1.807, 2.05) is 18.2 Å². The van der Waals surface area contributed by atoms with E-state index in [-0.39, 0.29) is 24.3 Å². The smallest absolute Gasteiger partial charge is 0.325 e. The number of methoxy groups -OCH3 is 1. The van der Waals surface area contributed by atoms with Gasteiger partial charge < -0.3 is 14.5 Å². The lowest BCUT2D eigenvalue weighted by atomic mass is 9.96. The molecule has 0 spiro atoms. The number of hydrogen-bond donors (Lipinski definition) is 0. The van der Waals surface area contributed by atoms with Crippen LogP contribution in [-0.4, -0.2) is 55.0 Å². The van der Waals surface area contributed by atoms with Crippen molar-refractivity contribution in [1.82, 2.24) is 9.88 Å². The summed E-state index contributed by atoms with van der Waals surface area (Å²) in [4.78, 5) is 32.9. The number of aromatic nitrogens is 1. The van der Waals surface area contributed by atoms with Gasteiger partial charge in [0.1, 0.15) is 12.4 Å². The van der Waals surface area contributed by atoms with Gasteiger partial charge in [0.2, 0.25) is 5.91 Å². The Bertz CT molecular complexity index is 574. The molecule has 6 heteroatoms. The second-order valence-electron chi connectivity index (χ2n) is 6.71. The number of carbonyl (C=O) groups is 2. The van der Waals surface area contributed by atoms with Crippen molar-refractivity contribution < 1.29 is 14.3 Å². The van der Waals surface area contributed by atoms with Gasteiger partial charge in [-0.1, -0.05) is 6.07 Å². The van der Waals surface area contributed by atoms with E-state index >= 15 is 0 Å². The number of rotatable bonds is 6. The quantitative estimate of drug-likeness (QED) is 0.743. The molecule has 1 atom stereocenters. The van der Waals surface area contributed by atoms with E-state index in [4.69, 9.17) is 4.74 Å². The van der Waals surface area contributed by atoms with E-state index in [9.17, 15) is 9.59 Å². The van der Waals surface area contributed by atoms with Crippen molar-refractivity contribution in [3.8, 4) is 0 Å². The minimum atomic E-state index is -0.346. The van der Waals surface area contributed by atoms with Gasteiger partial charge in [0.25, 0.3) is 0 Å². The highest BCUT2D eigenvalue weighted by molar-refractivity contribution is 5.84. The topological polar surface area (TPSA) is 62.7 Å². The van der Waals surface area contributed by atoms with Crippen LogP contribution < -0.4 is 4.90 Å². The van der Waals surface area contributed by atoms with E-state index in [1.54, 1.807) is 11.1 Å². The average molecular weight is 331 g/mol. The van der Waals surface area contributed by atoms with Gasteiger partial charge in [0.05, 0.1) is 13.0 Å². The molecule has 1 aliphatic heterocycles. The van der Waals surface area contributed by atoms with Crippen molar-refractivity contribution in [3.05, 3.63) is 24.4 Å². The lowest BCUT2D eigenvalue weighted by Gasteiger charge is -2.35. The van der Waals surface area contributed by atoms with Crippen LogP contribution in [0.1, 0.15) is 25.7 Å². The lowest BCUT2D eigenvalue weighted by Crippen LogP contribution is -2.47. The standard InChI is InChI=1S/C18H25N3O3/c1-24-17(22)13-21(11-14-7-8-14)18(23)15-5-4-10-20(12-15)16-6-2-3-9-19-16/h2-3,6,9,14-15H,4-5,7-8,10-13H2,1H3/t15-/m1/s1. The number of amides is 1. The maximum atomic E-state index is 13.0. The van der Waals surface area contributed by atoms with Crippen molar-refractivity contribution in [2.45, 2.75) is 25.7 Å². The number of carbonyl (C=O) groups excluding carboxylic acids is 2. The van der Waals surface area contributed by atoms with Crippen LogP contribution in [0.4, 0.5) is 5.82 Å². The van der Waals surface area contributed by atoms with Crippen molar-refractivity contribution in [1.29, 1.82) is 0 Å². The molecule has 0 bridgehead atoms. The van der Waals surface area contributed by atoms with Crippen LogP contribution in [0.15, 0.2) is 24.4 Å². The fourth-order valence-electron chi connectivity index (χ4n) is 3.25. The van der Waals surface area contributed by atoms with E-state index < -0.39 is 0 Å². The second kappa shape index (κ2) is 7.64. The van der Waals surface area contributed by atoms with Gasteiger partial charge in [0, 0.05) is 25.8 Å². The lowest BCUT2D eigenvalue weighted by molar-refractivity contribution is -0.148. The zero-order valence-electron chi connectivity index (χ0n) is 14.2. The normalized spacial score (nSPS) is 20.5. The second-order valence-corrected chi connectivity index (χ2v) is 6.71. The average Bonchev–Trinajstić information content (AvgIpc) is 3.45. The predicted molar refractivity (Wildman–Crippen MR) is 90.5 cm³/mol. The Morgan fingerprint density at radius 1 is 1.33 bits per heavy atom. The Kier molecular flexibility index (Phi) is 5.33. The molecule has 2 aliphatic rings. The van der Waals surface area contributed by atoms with Crippen molar-refractivity contribution in [2.24, 2.45) is 11.8 Å². The van der Waals surface area contributed by atoms with Gasteiger partial charge >= 0.3 is 5.97 Å². The fourth-order valence-corrected chi connectivity index (χ4v) is 3.25. The molecule has 1 aromatic heterocycles. The predicted octanol–water partition coefficient (Wildman–Crippen LogP) is 1.71. The number of hydrogen-bond acceptors (Lipinski definition) is 5. The Morgan fingerprint density at radius 3 is 2.83 bits per heavy atom. The Balaban J connectivity index is 1.65. The van der Waals surface area contributed by atoms with Crippen LogP contribution in [0.3, 0.4) is 0 Å². The van der Waals surface area contributed by atoms with Crippen LogP contribution >= 0.6 is 0 Å². The largest absolute Gasteiger partial charge is 0.468 e. The summed E-state index contributed by atoms with van der Waals surface area (Å²) in [6, 6.07) is 5.83. The first kappa shape index (κ1) is 16.7. The molecule has 1 saturated heterocycles. The molecule has 24 heavy (non-hydrogen) atoms. The highest BCUT2D eigenvalue weighted by Crippen LogP contribution is 2.31. The first-order valence-corrected chi connectivity index (χ1v) is 8.69. The zero-order valence-corrected chi connectivity index (χ0v) is 14.2. The molecule has 1 amide bonds. The first-order valence-electron chi connectivity index (χ1n) is 8.69. The molecular weight excluding hydrogens is 306 g/mol. The van der Waals surface area contributed by atoms with Gasteiger partial charge in [-0.25, -0.2) is 4.98 Å². The van der Waals surface area contributed by atoms with Crippen LogP contribution in [0.2, 0.25) is 0 Å². The van der Waals surface area contributed by atoms with E-state index in [2.05, 4.69) is 9.88 Å². The first-order chi connectivity index (χ1) is 11.7. The SMILES string of the molecule is COC(=O)CN(CC1CC1)C(=O)[C@@H]1CCCN(c2ccccn2)C1. The molecule has 0 aromatic carbocycles. The summed E-state index contributed by atoms with van der Waals surface area (Å²) in [5, 5.41) is 0. The molecule has 6 nitrogen and oxygen atoms in total. The molecule has 0 N–H and O–H groups in total. The minimum Gasteiger partial charge on any atom is -0.468 e. The van der Waals surface area contributed by atoms with Gasteiger partial charge in [-0.15, -0.1) is 0 Å². The summed E-state index contributed by atoms with van der Waals surface area (Å²) in [5.74, 6) is 1.12. The number of pyridine rings is 1. The third-order valence-electron chi connectivity index (χ3n) is 4.78. The van der Waals surface area contributed by atoms with Crippen molar-refractivity contribution >= 4 is 17.7 Å². The third kappa shape index (κ3) is 4.24. The van der Waals surface area contributed by atoms with Crippen LogP contribution in [0, 0.1) is 11.8 Å². The summed E-state index contributed by atoms with van der Waals surface area (Å²) < 4.78 is 4.76. The summed E-state index contributed by atoms with van der Waals surface area (Å²) in [6.45, 7) is 2.32. The molecule has 1 aromatic rings. The monoisotopic (exact) mass is 331 g/mol. The Hall–Kier alpha value is -2.11. The van der Waals surface area contributed by atoms with E-state index in [0.717, 1.165) is 38.0 Å². The maximum Gasteiger partial charge on any atom is 0.325 e. The van der Waals surface area contributed by atoms with Crippen LogP contribution in [-0.2, 0) is 14.3 Å². The van der Waals surface area contributed by atoms with Crippen molar-refractivity contribution in [3.63, 3.8) is 0 Å². The maximum absolute atomic E-state index is 13.0. The Labute approximate surface area is 142 Å². The number of nitrogens with zero attached hydrogens (tertiary/aromatic N) is 3. The van der Waals surface area contributed by atoms with Gasteiger partial charge in [-0.05, 0) is 43.7 Å². The summed E-state index contributed by atoms with van der Waals surface area (Å²) in [7, 11) is 1.37. The van der Waals surface area contributed by atoms with Crippen LogP contribution in [0.5, 0.6) is 0 Å². The molecule has 2 heterocycles. The van der Waals surface area contributed by atoms with E-state index in [1.165, 1.54) is 7.11 Å². The fraction of sp³-hybridized carbons (Fsp3) is 0.611. The highest BCUT2D eigenvalue weighted by atomic mass is 16.5. The third-order valence-corrected chi connectivity index (χ3v) is 4.78. The number of ether oxygens (including phenoxy) is 1. The summed E-state index contributed by atoms with van der Waals surface area (Å²) in [6.07, 6.45) is 5.90. The summed E-state index contributed by atoms with van der Waals surface area (Å²) >= 11 is 0. The number of piperidine rings is 1. The highest BCUT2D eigenvalue weighted by Gasteiger charge is 2.34. The molecule has 1 aliphatic carbocycles. The van der Waals surface area contributed by atoms with E-state index in [0.29, 0.717) is 19.0 Å². The van der Waals surface area contributed by atoms with Gasteiger partial charge in [-0.2, -0.15) is 0 Å². The Morgan fingerprint density at radius 2 is 2.17 bits per heavy atom. The van der Waals surface area contributed by atoms with Gasteiger partial charge in [-0.3, -0.25) is 9.59 Å². The molecule has 1 saturated carbocycles. The molecule has 0 unspecified atom stereocenters. The zero-order chi connectivity index (χ0) is 16.9. The molecule has 3 rings (SSSR count).